The van der Waals surface area contributed by atoms with Crippen molar-refractivity contribution in [1.82, 2.24) is 20.5 Å². The number of anilines is 2. The van der Waals surface area contributed by atoms with Gasteiger partial charge in [0.25, 0.3) is 0 Å². The highest BCUT2D eigenvalue weighted by atomic mass is 16.6. The predicted molar refractivity (Wildman–Crippen MR) is 198 cm³/mol. The van der Waals surface area contributed by atoms with Gasteiger partial charge in [-0.2, -0.15) is 0 Å². The van der Waals surface area contributed by atoms with E-state index in [1.165, 1.54) is 12.1 Å². The highest BCUT2D eigenvalue weighted by Crippen LogP contribution is 2.29. The highest BCUT2D eigenvalue weighted by molar-refractivity contribution is 5.92. The standard InChI is InChI=1S/C39H42N6O6/c46-34-16-14-31(32-15-17-36(48)44-37(32)34)35(47)25-40-24-26-10-12-28(13-11-26)42-38(49)41-20-23-45-21-18-29(19-22-45)51-39(50)43-33-9-5-4-8-30(33)27-6-2-1-3-7-27/h1-17,29,35,40,46-47H,18-25H2,(H,43,50)(H,44,48)(H2,41,42,49). The first kappa shape index (κ1) is 35.1. The quantitative estimate of drug-likeness (QED) is 0.0894. The summed E-state index contributed by atoms with van der Waals surface area (Å²) in [6.07, 6.45) is -0.0505. The molecule has 51 heavy (non-hydrogen) atoms. The van der Waals surface area contributed by atoms with Crippen molar-refractivity contribution in [2.24, 2.45) is 0 Å². The largest absolute Gasteiger partial charge is 0.506 e. The molecular weight excluding hydrogens is 648 g/mol. The summed E-state index contributed by atoms with van der Waals surface area (Å²) in [4.78, 5) is 41.7. The lowest BCUT2D eigenvalue weighted by molar-refractivity contribution is 0.0594. The van der Waals surface area contributed by atoms with Crippen molar-refractivity contribution >= 4 is 34.4 Å². The number of phenols is 1. The number of aromatic amines is 1. The van der Waals surface area contributed by atoms with Gasteiger partial charge in [-0.3, -0.25) is 10.1 Å². The Labute approximate surface area is 295 Å². The number of fused-ring (bicyclic) bond motifs is 1. The van der Waals surface area contributed by atoms with Gasteiger partial charge in [-0.25, -0.2) is 9.59 Å². The average Bonchev–Trinajstić information content (AvgIpc) is 3.14. The fourth-order valence-corrected chi connectivity index (χ4v) is 6.22. The van der Waals surface area contributed by atoms with E-state index < -0.39 is 12.2 Å². The number of carbonyl (C=O) groups is 2. The molecule has 0 saturated carbocycles. The Bertz CT molecular complexity index is 1990. The molecule has 264 valence electrons. The van der Waals surface area contributed by atoms with Crippen LogP contribution in [0.1, 0.15) is 30.1 Å². The van der Waals surface area contributed by atoms with Gasteiger partial charge in [-0.1, -0.05) is 66.7 Å². The van der Waals surface area contributed by atoms with E-state index in [4.69, 9.17) is 4.74 Å². The van der Waals surface area contributed by atoms with Gasteiger partial charge >= 0.3 is 12.1 Å². The van der Waals surface area contributed by atoms with Crippen LogP contribution >= 0.6 is 0 Å². The first-order chi connectivity index (χ1) is 24.8. The van der Waals surface area contributed by atoms with Crippen LogP contribution < -0.4 is 26.8 Å². The number of urea groups is 1. The maximum absolute atomic E-state index is 12.7. The molecular formula is C39H42N6O6. The molecule has 1 unspecified atom stereocenters. The number of rotatable bonds is 12. The van der Waals surface area contributed by atoms with E-state index in [1.807, 2.05) is 78.9 Å². The number of hydrogen-bond acceptors (Lipinski definition) is 8. The van der Waals surface area contributed by atoms with Crippen molar-refractivity contribution in [1.29, 1.82) is 0 Å². The number of aromatic hydroxyl groups is 1. The van der Waals surface area contributed by atoms with Crippen LogP contribution in [0.25, 0.3) is 22.0 Å². The number of ether oxygens (including phenoxy) is 1. The smallest absolute Gasteiger partial charge is 0.411 e. The van der Waals surface area contributed by atoms with Gasteiger partial charge in [0.1, 0.15) is 11.9 Å². The molecule has 0 bridgehead atoms. The third kappa shape index (κ3) is 9.51. The lowest BCUT2D eigenvalue weighted by Gasteiger charge is -2.31. The lowest BCUT2D eigenvalue weighted by Crippen LogP contribution is -2.42. The maximum Gasteiger partial charge on any atom is 0.411 e. The number of H-pyrrole nitrogens is 1. The zero-order valence-corrected chi connectivity index (χ0v) is 28.1. The first-order valence-electron chi connectivity index (χ1n) is 17.0. The summed E-state index contributed by atoms with van der Waals surface area (Å²) in [5.74, 6) is -0.0541. The van der Waals surface area contributed by atoms with Crippen LogP contribution in [0.15, 0.2) is 108 Å². The van der Waals surface area contributed by atoms with Crippen LogP contribution in [0, 0.1) is 0 Å². The SMILES string of the molecule is O=C(NCCN1CCC(OC(=O)Nc2ccccc2-c2ccccc2)CC1)Nc1ccc(CNCC(O)c2ccc(O)c3[nH]c(=O)ccc23)cc1. The summed E-state index contributed by atoms with van der Waals surface area (Å²) >= 11 is 0. The van der Waals surface area contributed by atoms with E-state index in [0.29, 0.717) is 47.5 Å². The molecule has 1 aliphatic heterocycles. The van der Waals surface area contributed by atoms with Crippen molar-refractivity contribution in [3.05, 3.63) is 125 Å². The number of amides is 3. The molecule has 12 heteroatoms. The fraction of sp³-hybridized carbons (Fsp3) is 0.256. The molecule has 6 rings (SSSR count). The van der Waals surface area contributed by atoms with E-state index in [-0.39, 0.29) is 30.0 Å². The van der Waals surface area contributed by atoms with E-state index in [0.717, 1.165) is 42.6 Å². The highest BCUT2D eigenvalue weighted by Gasteiger charge is 2.23. The van der Waals surface area contributed by atoms with Gasteiger partial charge in [0.05, 0.1) is 17.3 Å². The number of aliphatic hydroxyl groups is 1. The molecule has 1 fully saturated rings. The van der Waals surface area contributed by atoms with Crippen molar-refractivity contribution in [3.8, 4) is 16.9 Å². The summed E-state index contributed by atoms with van der Waals surface area (Å²) in [6.45, 7) is 3.44. The second kappa shape index (κ2) is 16.8. The Morgan fingerprint density at radius 3 is 2.41 bits per heavy atom. The molecule has 0 radical (unpaired) electrons. The van der Waals surface area contributed by atoms with Gasteiger partial charge in [-0.15, -0.1) is 0 Å². The molecule has 1 saturated heterocycles. The van der Waals surface area contributed by atoms with Gasteiger partial charge in [0, 0.05) is 62.0 Å². The Morgan fingerprint density at radius 1 is 0.882 bits per heavy atom. The summed E-state index contributed by atoms with van der Waals surface area (Å²) in [5, 5.41) is 33.3. The van der Waals surface area contributed by atoms with Gasteiger partial charge < -0.3 is 40.8 Å². The van der Waals surface area contributed by atoms with Crippen LogP contribution in [0.3, 0.4) is 0 Å². The van der Waals surface area contributed by atoms with Gasteiger partial charge in [-0.05, 0) is 59.9 Å². The molecule has 12 nitrogen and oxygen atoms in total. The van der Waals surface area contributed by atoms with E-state index in [9.17, 15) is 24.6 Å². The number of hydrogen-bond donors (Lipinski definition) is 7. The minimum Gasteiger partial charge on any atom is -0.506 e. The molecule has 2 heterocycles. The second-order valence-corrected chi connectivity index (χ2v) is 12.5. The number of aromatic nitrogens is 1. The molecule has 0 aliphatic carbocycles. The zero-order valence-electron chi connectivity index (χ0n) is 28.1. The molecule has 7 N–H and O–H groups in total. The Hall–Kier alpha value is -5.69. The maximum atomic E-state index is 12.7. The van der Waals surface area contributed by atoms with Crippen molar-refractivity contribution in [2.45, 2.75) is 31.6 Å². The average molecular weight is 691 g/mol. The fourth-order valence-electron chi connectivity index (χ4n) is 6.22. The number of likely N-dealkylation sites (tertiary alicyclic amines) is 1. The summed E-state index contributed by atoms with van der Waals surface area (Å²) in [5.41, 5.74) is 4.84. The van der Waals surface area contributed by atoms with Gasteiger partial charge in [0.15, 0.2) is 0 Å². The number of piperidine rings is 1. The Kier molecular flexibility index (Phi) is 11.6. The van der Waals surface area contributed by atoms with Crippen LogP contribution in [-0.2, 0) is 11.3 Å². The zero-order chi connectivity index (χ0) is 35.6. The lowest BCUT2D eigenvalue weighted by atomic mass is 10.0. The summed E-state index contributed by atoms with van der Waals surface area (Å²) in [7, 11) is 0. The molecule has 1 aromatic heterocycles. The van der Waals surface area contributed by atoms with Gasteiger partial charge in [0.2, 0.25) is 5.56 Å². The molecule has 5 aromatic rings. The van der Waals surface area contributed by atoms with Crippen LogP contribution in [0.4, 0.5) is 21.0 Å². The predicted octanol–water partition coefficient (Wildman–Crippen LogP) is 5.56. The van der Waals surface area contributed by atoms with Crippen LogP contribution in [0.2, 0.25) is 0 Å². The number of benzene rings is 4. The molecule has 1 aliphatic rings. The van der Waals surface area contributed by atoms with E-state index in [2.05, 4.69) is 31.2 Å². The number of nitrogens with one attached hydrogen (secondary N) is 5. The second-order valence-electron chi connectivity index (χ2n) is 12.5. The topological polar surface area (TPSA) is 168 Å². The monoisotopic (exact) mass is 690 g/mol. The number of pyridine rings is 1. The molecule has 4 aromatic carbocycles. The number of para-hydroxylation sites is 1. The van der Waals surface area contributed by atoms with Crippen LogP contribution in [0.5, 0.6) is 5.75 Å². The van der Waals surface area contributed by atoms with Crippen molar-refractivity contribution in [2.75, 3.05) is 43.4 Å². The third-order valence-electron chi connectivity index (χ3n) is 8.91. The normalized spacial score (nSPS) is 14.1. The first-order valence-corrected chi connectivity index (χ1v) is 17.0. The Morgan fingerprint density at radius 2 is 1.63 bits per heavy atom. The number of aliphatic hydroxyl groups excluding tert-OH is 1. The number of carbonyl (C=O) groups excluding carboxylic acids is 2. The van der Waals surface area contributed by atoms with Crippen molar-refractivity contribution < 1.29 is 24.5 Å². The molecule has 1 atom stereocenters. The summed E-state index contributed by atoms with van der Waals surface area (Å²) in [6, 6.07) is 30.7. The third-order valence-corrected chi connectivity index (χ3v) is 8.91. The van der Waals surface area contributed by atoms with Crippen LogP contribution in [-0.4, -0.2) is 71.0 Å². The van der Waals surface area contributed by atoms with E-state index in [1.54, 1.807) is 12.1 Å². The summed E-state index contributed by atoms with van der Waals surface area (Å²) < 4.78 is 5.73. The van der Waals surface area contributed by atoms with E-state index >= 15 is 0 Å². The number of phenolic OH excluding ortho intramolecular Hbond substituents is 1. The Balaban J connectivity index is 0.864. The minimum absolute atomic E-state index is 0.0541. The molecule has 3 amide bonds. The molecule has 0 spiro atoms. The van der Waals surface area contributed by atoms with Crippen molar-refractivity contribution in [3.63, 3.8) is 0 Å². The minimum atomic E-state index is -0.857. The number of nitrogens with zero attached hydrogens (tertiary/aromatic N) is 1.